The van der Waals surface area contributed by atoms with E-state index in [4.69, 9.17) is 4.74 Å². The van der Waals surface area contributed by atoms with Crippen molar-refractivity contribution in [3.8, 4) is 0 Å². The summed E-state index contributed by atoms with van der Waals surface area (Å²) in [7, 11) is 0. The first-order chi connectivity index (χ1) is 15.1. The Balaban J connectivity index is 1.69. The van der Waals surface area contributed by atoms with E-state index in [0.29, 0.717) is 26.1 Å². The zero-order valence-electron chi connectivity index (χ0n) is 16.9. The number of nitro groups is 1. The molecule has 1 aliphatic rings. The molecule has 31 heavy (non-hydrogen) atoms. The number of para-hydroxylation sites is 1. The number of hydrogen-bond acceptors (Lipinski definition) is 9. The number of fused-ring (bicyclic) bond motifs is 1. The fourth-order valence-corrected chi connectivity index (χ4v) is 4.69. The Hall–Kier alpha value is -3.27. The Morgan fingerprint density at radius 3 is 2.94 bits per heavy atom. The van der Waals surface area contributed by atoms with E-state index in [9.17, 15) is 14.9 Å². The van der Waals surface area contributed by atoms with E-state index in [1.54, 1.807) is 18.0 Å². The molecule has 3 heterocycles. The first kappa shape index (κ1) is 21.0. The molecule has 0 N–H and O–H groups in total. The number of nitrogens with zero attached hydrogens (tertiary/aromatic N) is 5. The van der Waals surface area contributed by atoms with Crippen molar-refractivity contribution in [2.24, 2.45) is 5.92 Å². The molecule has 0 bridgehead atoms. The maximum atomic E-state index is 12.2. The van der Waals surface area contributed by atoms with Gasteiger partial charge in [-0.15, -0.1) is 0 Å². The number of hydrogen-bond donors (Lipinski definition) is 0. The molecule has 1 saturated heterocycles. The first-order valence-corrected chi connectivity index (χ1v) is 10.8. The van der Waals surface area contributed by atoms with Gasteiger partial charge in [0.2, 0.25) is 5.82 Å². The summed E-state index contributed by atoms with van der Waals surface area (Å²) in [5.41, 5.74) is 0.592. The number of aromatic nitrogens is 3. The van der Waals surface area contributed by atoms with Gasteiger partial charge in [0.1, 0.15) is 6.33 Å². The van der Waals surface area contributed by atoms with Gasteiger partial charge in [-0.05, 0) is 31.9 Å². The summed E-state index contributed by atoms with van der Waals surface area (Å²) in [6.45, 7) is 2.98. The molecule has 1 atom stereocenters. The van der Waals surface area contributed by atoms with Crippen LogP contribution < -0.4 is 4.90 Å². The van der Waals surface area contributed by atoms with E-state index < -0.39 is 4.92 Å². The number of piperidine rings is 1. The van der Waals surface area contributed by atoms with Gasteiger partial charge in [0.25, 0.3) is 0 Å². The predicted octanol–water partition coefficient (Wildman–Crippen LogP) is 3.86. The minimum atomic E-state index is -0.454. The van der Waals surface area contributed by atoms with E-state index in [1.165, 1.54) is 18.1 Å². The van der Waals surface area contributed by atoms with Crippen molar-refractivity contribution in [2.45, 2.75) is 29.7 Å². The van der Waals surface area contributed by atoms with E-state index in [1.807, 2.05) is 30.3 Å². The SMILES string of the molecule is CCOC(=O)C1CCCN(c2ncnc(Sc3cccc4cccnc34)c2[N+](=O)[O-])C1. The Morgan fingerprint density at radius 1 is 1.29 bits per heavy atom. The van der Waals surface area contributed by atoms with Crippen molar-refractivity contribution in [3.63, 3.8) is 0 Å². The normalized spacial score (nSPS) is 16.3. The van der Waals surface area contributed by atoms with Crippen LogP contribution in [0.25, 0.3) is 10.9 Å². The van der Waals surface area contributed by atoms with Crippen molar-refractivity contribution in [2.75, 3.05) is 24.6 Å². The number of esters is 1. The molecule has 10 heteroatoms. The van der Waals surface area contributed by atoms with Crippen LogP contribution in [0.15, 0.2) is 52.8 Å². The van der Waals surface area contributed by atoms with Crippen LogP contribution in [-0.2, 0) is 9.53 Å². The number of carbonyl (C=O) groups excluding carboxylic acids is 1. The molecule has 3 aromatic rings. The van der Waals surface area contributed by atoms with Crippen LogP contribution in [0.5, 0.6) is 0 Å². The summed E-state index contributed by atoms with van der Waals surface area (Å²) in [6, 6.07) is 9.47. The standard InChI is InChI=1S/C21H21N5O4S/c1-2-30-21(27)15-8-5-11-25(12-15)19-18(26(28)29)20(24-13-23-19)31-16-9-3-6-14-7-4-10-22-17(14)16/h3-4,6-7,9-10,13,15H,2,5,8,11-12H2,1H3. The average Bonchev–Trinajstić information content (AvgIpc) is 2.79. The second kappa shape index (κ2) is 9.25. The van der Waals surface area contributed by atoms with E-state index in [-0.39, 0.29) is 28.4 Å². The highest BCUT2D eigenvalue weighted by Gasteiger charge is 2.33. The van der Waals surface area contributed by atoms with Crippen molar-refractivity contribution in [1.29, 1.82) is 0 Å². The molecule has 0 radical (unpaired) electrons. The topological polar surface area (TPSA) is 111 Å². The summed E-state index contributed by atoms with van der Waals surface area (Å²) in [6.07, 6.45) is 4.44. The summed E-state index contributed by atoms with van der Waals surface area (Å²) < 4.78 is 5.14. The van der Waals surface area contributed by atoms with Gasteiger partial charge in [-0.2, -0.15) is 0 Å². The summed E-state index contributed by atoms with van der Waals surface area (Å²) in [4.78, 5) is 39.2. The number of benzene rings is 1. The molecule has 9 nitrogen and oxygen atoms in total. The van der Waals surface area contributed by atoms with Gasteiger partial charge in [-0.3, -0.25) is 19.9 Å². The van der Waals surface area contributed by atoms with Gasteiger partial charge in [0.15, 0.2) is 5.03 Å². The highest BCUT2D eigenvalue weighted by molar-refractivity contribution is 7.99. The van der Waals surface area contributed by atoms with Crippen LogP contribution in [0, 0.1) is 16.0 Å². The molecule has 160 valence electrons. The third kappa shape index (κ3) is 4.43. The zero-order valence-corrected chi connectivity index (χ0v) is 17.7. The van der Waals surface area contributed by atoms with Crippen molar-refractivity contribution >= 4 is 40.1 Å². The van der Waals surface area contributed by atoms with Crippen LogP contribution >= 0.6 is 11.8 Å². The van der Waals surface area contributed by atoms with Crippen LogP contribution in [0.3, 0.4) is 0 Å². The molecular weight excluding hydrogens is 418 g/mol. The first-order valence-electron chi connectivity index (χ1n) is 10.0. The zero-order chi connectivity index (χ0) is 21.8. The van der Waals surface area contributed by atoms with Crippen molar-refractivity contribution in [1.82, 2.24) is 15.0 Å². The van der Waals surface area contributed by atoms with E-state index in [2.05, 4.69) is 15.0 Å². The number of anilines is 1. The number of pyridine rings is 1. The lowest BCUT2D eigenvalue weighted by molar-refractivity contribution is -0.387. The highest BCUT2D eigenvalue weighted by atomic mass is 32.2. The number of ether oxygens (including phenoxy) is 1. The Morgan fingerprint density at radius 2 is 2.13 bits per heavy atom. The molecule has 0 saturated carbocycles. The van der Waals surface area contributed by atoms with Crippen LogP contribution in [0.4, 0.5) is 11.5 Å². The molecule has 0 spiro atoms. The predicted molar refractivity (Wildman–Crippen MR) is 116 cm³/mol. The quantitative estimate of drug-likeness (QED) is 0.244. The lowest BCUT2D eigenvalue weighted by atomic mass is 9.98. The lowest BCUT2D eigenvalue weighted by Crippen LogP contribution is -2.40. The smallest absolute Gasteiger partial charge is 0.343 e. The molecule has 0 amide bonds. The third-order valence-corrected chi connectivity index (χ3v) is 6.14. The molecule has 4 rings (SSSR count). The van der Waals surface area contributed by atoms with Gasteiger partial charge in [-0.1, -0.05) is 30.0 Å². The van der Waals surface area contributed by atoms with Gasteiger partial charge in [0.05, 0.1) is 23.0 Å². The Bertz CT molecular complexity index is 1120. The molecule has 1 aromatic carbocycles. The van der Waals surface area contributed by atoms with Crippen LogP contribution in [-0.4, -0.2) is 45.5 Å². The number of carbonyl (C=O) groups is 1. The van der Waals surface area contributed by atoms with Gasteiger partial charge >= 0.3 is 11.7 Å². The molecule has 1 aliphatic heterocycles. The summed E-state index contributed by atoms with van der Waals surface area (Å²) in [5.74, 6) is -0.383. The van der Waals surface area contributed by atoms with E-state index >= 15 is 0 Å². The fourth-order valence-electron chi connectivity index (χ4n) is 3.70. The Kier molecular flexibility index (Phi) is 6.26. The van der Waals surface area contributed by atoms with Crippen LogP contribution in [0.2, 0.25) is 0 Å². The van der Waals surface area contributed by atoms with Crippen molar-refractivity contribution in [3.05, 3.63) is 53.0 Å². The van der Waals surface area contributed by atoms with E-state index in [0.717, 1.165) is 22.2 Å². The monoisotopic (exact) mass is 439 g/mol. The van der Waals surface area contributed by atoms with Gasteiger partial charge in [-0.25, -0.2) is 9.97 Å². The second-order valence-electron chi connectivity index (χ2n) is 7.08. The van der Waals surface area contributed by atoms with Crippen LogP contribution in [0.1, 0.15) is 19.8 Å². The second-order valence-corrected chi connectivity index (χ2v) is 8.11. The van der Waals surface area contributed by atoms with Crippen molar-refractivity contribution < 1.29 is 14.5 Å². The average molecular weight is 439 g/mol. The lowest BCUT2D eigenvalue weighted by Gasteiger charge is -2.32. The molecular formula is C21H21N5O4S. The summed E-state index contributed by atoms with van der Waals surface area (Å²) in [5, 5.41) is 13.2. The highest BCUT2D eigenvalue weighted by Crippen LogP contribution is 2.40. The molecule has 1 unspecified atom stereocenters. The Labute approximate surface area is 183 Å². The molecule has 0 aliphatic carbocycles. The third-order valence-electron chi connectivity index (χ3n) is 5.10. The maximum absolute atomic E-state index is 12.2. The molecule has 2 aromatic heterocycles. The minimum Gasteiger partial charge on any atom is -0.466 e. The largest absolute Gasteiger partial charge is 0.466 e. The maximum Gasteiger partial charge on any atom is 0.343 e. The van der Waals surface area contributed by atoms with Gasteiger partial charge < -0.3 is 9.64 Å². The minimum absolute atomic E-state index is 0.162. The molecule has 1 fully saturated rings. The summed E-state index contributed by atoms with van der Waals surface area (Å²) >= 11 is 1.19. The fraction of sp³-hybridized carbons (Fsp3) is 0.333. The number of rotatable bonds is 6. The van der Waals surface area contributed by atoms with Gasteiger partial charge in [0, 0.05) is 29.6 Å².